The Labute approximate surface area is 180 Å². The van der Waals surface area contributed by atoms with Gasteiger partial charge in [0.1, 0.15) is 6.04 Å². The standard InChI is InChI=1S/C25H24N4O2/c1-17(30)28-24(15-20-16-27-23-5-3-2-4-22(20)23)25(31)29-21-8-6-18(7-9-21)14-19-10-12-26-13-11-19/h2-13,16,24,27H,14-15H2,1H3,(H,28,30)(H,29,31)/t24-/m1/s1. The van der Waals surface area contributed by atoms with E-state index in [0.717, 1.165) is 28.5 Å². The number of amides is 2. The van der Waals surface area contributed by atoms with E-state index in [1.54, 1.807) is 12.4 Å². The van der Waals surface area contributed by atoms with Gasteiger partial charge in [0.25, 0.3) is 0 Å². The van der Waals surface area contributed by atoms with Crippen molar-refractivity contribution in [1.29, 1.82) is 0 Å². The molecular weight excluding hydrogens is 388 g/mol. The summed E-state index contributed by atoms with van der Waals surface area (Å²) in [5.74, 6) is -0.491. The number of rotatable bonds is 7. The zero-order valence-electron chi connectivity index (χ0n) is 17.3. The molecule has 0 unspecified atom stereocenters. The Hall–Kier alpha value is -3.93. The summed E-state index contributed by atoms with van der Waals surface area (Å²) in [5, 5.41) is 6.75. The Balaban J connectivity index is 1.45. The molecule has 2 aromatic heterocycles. The van der Waals surface area contributed by atoms with E-state index in [4.69, 9.17) is 0 Å². The predicted molar refractivity (Wildman–Crippen MR) is 122 cm³/mol. The first kappa shape index (κ1) is 20.3. The number of H-pyrrole nitrogens is 1. The van der Waals surface area contributed by atoms with Crippen LogP contribution in [0.1, 0.15) is 23.6 Å². The molecular formula is C25H24N4O2. The molecule has 0 aliphatic heterocycles. The molecule has 4 aromatic rings. The average Bonchev–Trinajstić information content (AvgIpc) is 3.18. The van der Waals surface area contributed by atoms with Crippen molar-refractivity contribution in [3.8, 4) is 0 Å². The van der Waals surface area contributed by atoms with Crippen LogP contribution < -0.4 is 10.6 Å². The number of nitrogens with one attached hydrogen (secondary N) is 3. The number of aromatic nitrogens is 2. The van der Waals surface area contributed by atoms with Gasteiger partial charge in [0.05, 0.1) is 0 Å². The van der Waals surface area contributed by atoms with Gasteiger partial charge in [-0.05, 0) is 53.4 Å². The maximum Gasteiger partial charge on any atom is 0.247 e. The van der Waals surface area contributed by atoms with E-state index in [1.165, 1.54) is 12.5 Å². The molecule has 0 bridgehead atoms. The van der Waals surface area contributed by atoms with Crippen LogP contribution in [0.3, 0.4) is 0 Å². The Bertz CT molecular complexity index is 1180. The fraction of sp³-hybridized carbons (Fsp3) is 0.160. The largest absolute Gasteiger partial charge is 0.361 e. The molecule has 0 radical (unpaired) electrons. The molecule has 4 rings (SSSR count). The molecule has 156 valence electrons. The van der Waals surface area contributed by atoms with Gasteiger partial charge in [-0.2, -0.15) is 0 Å². The van der Waals surface area contributed by atoms with Crippen LogP contribution in [0.2, 0.25) is 0 Å². The monoisotopic (exact) mass is 412 g/mol. The number of carbonyl (C=O) groups is 2. The van der Waals surface area contributed by atoms with Crippen LogP contribution in [-0.4, -0.2) is 27.8 Å². The summed E-state index contributed by atoms with van der Waals surface area (Å²) in [6.45, 7) is 1.42. The number of hydrogen-bond donors (Lipinski definition) is 3. The lowest BCUT2D eigenvalue weighted by atomic mass is 10.0. The average molecular weight is 412 g/mol. The van der Waals surface area contributed by atoms with Crippen LogP contribution in [0.4, 0.5) is 5.69 Å². The normalized spacial score (nSPS) is 11.8. The van der Waals surface area contributed by atoms with Crippen LogP contribution >= 0.6 is 0 Å². The van der Waals surface area contributed by atoms with Gasteiger partial charge in [-0.1, -0.05) is 30.3 Å². The Morgan fingerprint density at radius 3 is 2.42 bits per heavy atom. The van der Waals surface area contributed by atoms with Crippen molar-refractivity contribution in [1.82, 2.24) is 15.3 Å². The highest BCUT2D eigenvalue weighted by Crippen LogP contribution is 2.20. The summed E-state index contributed by atoms with van der Waals surface area (Å²) in [6.07, 6.45) is 6.64. The second-order valence-electron chi connectivity index (χ2n) is 7.54. The topological polar surface area (TPSA) is 86.9 Å². The molecule has 31 heavy (non-hydrogen) atoms. The van der Waals surface area contributed by atoms with Crippen molar-refractivity contribution < 1.29 is 9.59 Å². The quantitative estimate of drug-likeness (QED) is 0.431. The van der Waals surface area contributed by atoms with E-state index in [2.05, 4.69) is 20.6 Å². The number of benzene rings is 2. The molecule has 0 aliphatic rings. The molecule has 2 heterocycles. The van der Waals surface area contributed by atoms with Gasteiger partial charge in [0, 0.05) is 48.5 Å². The molecule has 3 N–H and O–H groups in total. The molecule has 0 aliphatic carbocycles. The van der Waals surface area contributed by atoms with Crippen molar-refractivity contribution in [2.45, 2.75) is 25.8 Å². The number of fused-ring (bicyclic) bond motifs is 1. The second kappa shape index (κ2) is 9.26. The van der Waals surface area contributed by atoms with Crippen molar-refractivity contribution >= 4 is 28.4 Å². The maximum atomic E-state index is 12.9. The Morgan fingerprint density at radius 2 is 1.68 bits per heavy atom. The van der Waals surface area contributed by atoms with Crippen molar-refractivity contribution in [3.63, 3.8) is 0 Å². The Morgan fingerprint density at radius 1 is 0.968 bits per heavy atom. The summed E-state index contributed by atoms with van der Waals surface area (Å²) >= 11 is 0. The van der Waals surface area contributed by atoms with Gasteiger partial charge in [-0.15, -0.1) is 0 Å². The van der Waals surface area contributed by atoms with Gasteiger partial charge in [0.15, 0.2) is 0 Å². The molecule has 6 nitrogen and oxygen atoms in total. The summed E-state index contributed by atoms with van der Waals surface area (Å²) in [4.78, 5) is 31.9. The minimum absolute atomic E-state index is 0.243. The summed E-state index contributed by atoms with van der Waals surface area (Å²) in [5.41, 5.74) is 5.00. The third kappa shape index (κ3) is 5.17. The first-order chi connectivity index (χ1) is 15.1. The molecule has 6 heteroatoms. The maximum absolute atomic E-state index is 12.9. The summed E-state index contributed by atoms with van der Waals surface area (Å²) < 4.78 is 0. The number of aromatic amines is 1. The second-order valence-corrected chi connectivity index (χ2v) is 7.54. The van der Waals surface area contributed by atoms with Gasteiger partial charge in [-0.3, -0.25) is 14.6 Å². The smallest absolute Gasteiger partial charge is 0.247 e. The van der Waals surface area contributed by atoms with E-state index in [9.17, 15) is 9.59 Å². The van der Waals surface area contributed by atoms with E-state index in [0.29, 0.717) is 12.1 Å². The number of hydrogen-bond acceptors (Lipinski definition) is 3. The molecule has 2 aromatic carbocycles. The predicted octanol–water partition coefficient (Wildman–Crippen LogP) is 3.84. The molecule has 2 amide bonds. The van der Waals surface area contributed by atoms with Crippen LogP contribution in [0.25, 0.3) is 10.9 Å². The van der Waals surface area contributed by atoms with Crippen LogP contribution in [0.15, 0.2) is 79.3 Å². The lowest BCUT2D eigenvalue weighted by Crippen LogP contribution is -2.44. The number of para-hydroxylation sites is 1. The summed E-state index contributed by atoms with van der Waals surface area (Å²) in [7, 11) is 0. The number of carbonyl (C=O) groups excluding carboxylic acids is 2. The van der Waals surface area contributed by atoms with Gasteiger partial charge < -0.3 is 15.6 Å². The van der Waals surface area contributed by atoms with Crippen molar-refractivity contribution in [2.75, 3.05) is 5.32 Å². The molecule has 0 fully saturated rings. The van der Waals surface area contributed by atoms with Gasteiger partial charge in [0.2, 0.25) is 11.8 Å². The Kier molecular flexibility index (Phi) is 6.08. The fourth-order valence-electron chi connectivity index (χ4n) is 3.65. The van der Waals surface area contributed by atoms with Gasteiger partial charge in [-0.25, -0.2) is 0 Å². The van der Waals surface area contributed by atoms with Crippen LogP contribution in [0.5, 0.6) is 0 Å². The van der Waals surface area contributed by atoms with E-state index in [-0.39, 0.29) is 11.8 Å². The molecule has 1 atom stereocenters. The molecule has 0 spiro atoms. The molecule has 0 saturated carbocycles. The first-order valence-corrected chi connectivity index (χ1v) is 10.2. The van der Waals surface area contributed by atoms with E-state index >= 15 is 0 Å². The fourth-order valence-corrected chi connectivity index (χ4v) is 3.65. The number of pyridine rings is 1. The highest BCUT2D eigenvalue weighted by Gasteiger charge is 2.21. The minimum atomic E-state index is -0.673. The third-order valence-corrected chi connectivity index (χ3v) is 5.17. The van der Waals surface area contributed by atoms with E-state index < -0.39 is 6.04 Å². The van der Waals surface area contributed by atoms with Gasteiger partial charge >= 0.3 is 0 Å². The zero-order valence-corrected chi connectivity index (χ0v) is 17.3. The van der Waals surface area contributed by atoms with Crippen LogP contribution in [0, 0.1) is 0 Å². The zero-order chi connectivity index (χ0) is 21.6. The van der Waals surface area contributed by atoms with Crippen molar-refractivity contribution in [2.24, 2.45) is 0 Å². The lowest BCUT2D eigenvalue weighted by molar-refractivity contribution is -0.125. The van der Waals surface area contributed by atoms with Crippen LogP contribution in [-0.2, 0) is 22.4 Å². The molecule has 0 saturated heterocycles. The SMILES string of the molecule is CC(=O)N[C@H](Cc1c[nH]c2ccccc12)C(=O)Nc1ccc(Cc2ccncc2)cc1. The lowest BCUT2D eigenvalue weighted by Gasteiger charge is -2.17. The number of nitrogens with zero attached hydrogens (tertiary/aromatic N) is 1. The first-order valence-electron chi connectivity index (χ1n) is 10.2. The highest BCUT2D eigenvalue weighted by atomic mass is 16.2. The van der Waals surface area contributed by atoms with E-state index in [1.807, 2.05) is 66.9 Å². The third-order valence-electron chi connectivity index (χ3n) is 5.17. The minimum Gasteiger partial charge on any atom is -0.361 e. The summed E-state index contributed by atoms with van der Waals surface area (Å²) in [6, 6.07) is 18.9. The number of anilines is 1. The highest BCUT2D eigenvalue weighted by molar-refractivity contribution is 5.97. The van der Waals surface area contributed by atoms with Crippen molar-refractivity contribution in [3.05, 3.63) is 95.9 Å².